The van der Waals surface area contributed by atoms with Crippen molar-refractivity contribution in [3.63, 3.8) is 0 Å². The zero-order chi connectivity index (χ0) is 12.3. The van der Waals surface area contributed by atoms with E-state index in [-0.39, 0.29) is 0 Å². The smallest absolute Gasteiger partial charge is 0.00471 e. The third-order valence-corrected chi connectivity index (χ3v) is 4.76. The topological polar surface area (TPSA) is 32.5 Å². The molecule has 1 saturated heterocycles. The van der Waals surface area contributed by atoms with Gasteiger partial charge in [0.2, 0.25) is 0 Å². The summed E-state index contributed by atoms with van der Waals surface area (Å²) in [7, 11) is 4.52. The van der Waals surface area contributed by atoms with Gasteiger partial charge in [-0.3, -0.25) is 0 Å². The quantitative estimate of drug-likeness (QED) is 0.787. The average Bonchev–Trinajstić information content (AvgIpc) is 2.89. The Morgan fingerprint density at radius 2 is 2.06 bits per heavy atom. The molecule has 1 saturated carbocycles. The van der Waals surface area contributed by atoms with Crippen LogP contribution in [-0.2, 0) is 0 Å². The Labute approximate surface area is 106 Å². The SMILES string of the molecule is CN1CCC(CN(C)CC2(CN)CCCC2)C1. The highest BCUT2D eigenvalue weighted by molar-refractivity contribution is 4.88. The van der Waals surface area contributed by atoms with Crippen LogP contribution in [0.25, 0.3) is 0 Å². The summed E-state index contributed by atoms with van der Waals surface area (Å²) in [6.45, 7) is 5.90. The normalized spacial score (nSPS) is 29.3. The van der Waals surface area contributed by atoms with Crippen molar-refractivity contribution in [3.8, 4) is 0 Å². The zero-order valence-corrected chi connectivity index (χ0v) is 11.6. The molecule has 0 aromatic rings. The Bertz CT molecular complexity index is 236. The molecule has 0 radical (unpaired) electrons. The molecule has 2 fully saturated rings. The van der Waals surface area contributed by atoms with Crippen molar-refractivity contribution in [3.05, 3.63) is 0 Å². The van der Waals surface area contributed by atoms with Crippen LogP contribution in [0.5, 0.6) is 0 Å². The molecule has 1 aliphatic heterocycles. The van der Waals surface area contributed by atoms with Gasteiger partial charge in [0.1, 0.15) is 0 Å². The third kappa shape index (κ3) is 3.43. The van der Waals surface area contributed by atoms with Gasteiger partial charge >= 0.3 is 0 Å². The van der Waals surface area contributed by atoms with Crippen LogP contribution >= 0.6 is 0 Å². The number of likely N-dealkylation sites (tertiary alicyclic amines) is 1. The van der Waals surface area contributed by atoms with Crippen molar-refractivity contribution in [2.45, 2.75) is 32.1 Å². The van der Waals surface area contributed by atoms with Crippen molar-refractivity contribution < 1.29 is 0 Å². The molecule has 100 valence electrons. The molecule has 1 atom stereocenters. The molecule has 1 heterocycles. The summed E-state index contributed by atoms with van der Waals surface area (Å²) >= 11 is 0. The van der Waals surface area contributed by atoms with E-state index >= 15 is 0 Å². The fourth-order valence-corrected chi connectivity index (χ4v) is 3.81. The molecule has 3 nitrogen and oxygen atoms in total. The van der Waals surface area contributed by atoms with Crippen LogP contribution < -0.4 is 5.73 Å². The zero-order valence-electron chi connectivity index (χ0n) is 11.6. The summed E-state index contributed by atoms with van der Waals surface area (Å²) < 4.78 is 0. The van der Waals surface area contributed by atoms with Gasteiger partial charge in [-0.2, -0.15) is 0 Å². The fraction of sp³-hybridized carbons (Fsp3) is 1.00. The van der Waals surface area contributed by atoms with Gasteiger partial charge in [-0.05, 0) is 57.8 Å². The largest absolute Gasteiger partial charge is 0.330 e. The first-order valence-electron chi connectivity index (χ1n) is 7.21. The predicted molar refractivity (Wildman–Crippen MR) is 73.1 cm³/mol. The Morgan fingerprint density at radius 3 is 2.59 bits per heavy atom. The summed E-state index contributed by atoms with van der Waals surface area (Å²) in [5, 5.41) is 0. The lowest BCUT2D eigenvalue weighted by atomic mass is 9.85. The second kappa shape index (κ2) is 5.68. The van der Waals surface area contributed by atoms with E-state index in [4.69, 9.17) is 5.73 Å². The number of nitrogens with two attached hydrogens (primary N) is 1. The highest BCUT2D eigenvalue weighted by atomic mass is 15.2. The van der Waals surface area contributed by atoms with Gasteiger partial charge in [-0.1, -0.05) is 12.8 Å². The fourth-order valence-electron chi connectivity index (χ4n) is 3.81. The molecule has 0 amide bonds. The highest BCUT2D eigenvalue weighted by Gasteiger charge is 2.34. The Hall–Kier alpha value is -0.120. The first-order valence-corrected chi connectivity index (χ1v) is 7.21. The molecule has 0 bridgehead atoms. The maximum absolute atomic E-state index is 6.01. The van der Waals surface area contributed by atoms with Gasteiger partial charge in [0.15, 0.2) is 0 Å². The lowest BCUT2D eigenvalue weighted by molar-refractivity contribution is 0.166. The number of rotatable bonds is 5. The van der Waals surface area contributed by atoms with Gasteiger partial charge < -0.3 is 15.5 Å². The molecular formula is C14H29N3. The van der Waals surface area contributed by atoms with Crippen LogP contribution in [0.4, 0.5) is 0 Å². The minimum absolute atomic E-state index is 0.444. The molecule has 0 aromatic carbocycles. The lowest BCUT2D eigenvalue weighted by Gasteiger charge is -2.33. The summed E-state index contributed by atoms with van der Waals surface area (Å²) in [6, 6.07) is 0. The van der Waals surface area contributed by atoms with Crippen LogP contribution in [0.3, 0.4) is 0 Å². The summed E-state index contributed by atoms with van der Waals surface area (Å²) in [6.07, 6.45) is 6.84. The van der Waals surface area contributed by atoms with Crippen LogP contribution in [0.15, 0.2) is 0 Å². The van der Waals surface area contributed by atoms with Gasteiger partial charge in [0.25, 0.3) is 0 Å². The monoisotopic (exact) mass is 239 g/mol. The minimum atomic E-state index is 0.444. The summed E-state index contributed by atoms with van der Waals surface area (Å²) in [5.74, 6) is 0.876. The maximum Gasteiger partial charge on any atom is 0.00471 e. The molecule has 1 aliphatic carbocycles. The average molecular weight is 239 g/mol. The second-order valence-electron chi connectivity index (χ2n) is 6.52. The van der Waals surface area contributed by atoms with E-state index in [1.807, 2.05) is 0 Å². The summed E-state index contributed by atoms with van der Waals surface area (Å²) in [5.41, 5.74) is 6.46. The van der Waals surface area contributed by atoms with Crippen molar-refractivity contribution in [2.75, 3.05) is 46.8 Å². The highest BCUT2D eigenvalue weighted by Crippen LogP contribution is 2.37. The van der Waals surface area contributed by atoms with Crippen LogP contribution in [0.1, 0.15) is 32.1 Å². The van der Waals surface area contributed by atoms with Gasteiger partial charge in [0, 0.05) is 19.6 Å². The van der Waals surface area contributed by atoms with Crippen LogP contribution in [-0.4, -0.2) is 56.6 Å². The van der Waals surface area contributed by atoms with Crippen molar-refractivity contribution in [1.29, 1.82) is 0 Å². The van der Waals surface area contributed by atoms with Crippen molar-refractivity contribution in [2.24, 2.45) is 17.1 Å². The molecule has 2 rings (SSSR count). The van der Waals surface area contributed by atoms with E-state index in [1.165, 1.54) is 58.3 Å². The predicted octanol–water partition coefficient (Wildman–Crippen LogP) is 1.39. The molecule has 0 aromatic heterocycles. The van der Waals surface area contributed by atoms with E-state index in [0.29, 0.717) is 5.41 Å². The molecule has 2 aliphatic rings. The van der Waals surface area contributed by atoms with E-state index in [2.05, 4.69) is 23.9 Å². The molecule has 0 spiro atoms. The van der Waals surface area contributed by atoms with Crippen LogP contribution in [0, 0.1) is 11.3 Å². The van der Waals surface area contributed by atoms with Crippen LogP contribution in [0.2, 0.25) is 0 Å². The van der Waals surface area contributed by atoms with Gasteiger partial charge in [0.05, 0.1) is 0 Å². The Kier molecular flexibility index (Phi) is 4.45. The first-order chi connectivity index (χ1) is 8.13. The van der Waals surface area contributed by atoms with Gasteiger partial charge in [-0.25, -0.2) is 0 Å². The molecule has 3 heteroatoms. The number of hydrogen-bond acceptors (Lipinski definition) is 3. The van der Waals surface area contributed by atoms with E-state index in [0.717, 1.165) is 12.5 Å². The minimum Gasteiger partial charge on any atom is -0.330 e. The van der Waals surface area contributed by atoms with Gasteiger partial charge in [-0.15, -0.1) is 0 Å². The molecular weight excluding hydrogens is 210 g/mol. The molecule has 2 N–H and O–H groups in total. The van der Waals surface area contributed by atoms with Crippen molar-refractivity contribution >= 4 is 0 Å². The maximum atomic E-state index is 6.01. The van der Waals surface area contributed by atoms with E-state index in [9.17, 15) is 0 Å². The Balaban J connectivity index is 1.78. The van der Waals surface area contributed by atoms with E-state index in [1.54, 1.807) is 0 Å². The molecule has 1 unspecified atom stereocenters. The number of hydrogen-bond donors (Lipinski definition) is 1. The number of nitrogens with zero attached hydrogens (tertiary/aromatic N) is 2. The standard InChI is InChI=1S/C14H29N3/c1-16-8-5-13(9-16)10-17(2)12-14(11-15)6-3-4-7-14/h13H,3-12,15H2,1-2H3. The third-order valence-electron chi connectivity index (χ3n) is 4.76. The lowest BCUT2D eigenvalue weighted by Crippen LogP contribution is -2.41. The second-order valence-corrected chi connectivity index (χ2v) is 6.52. The first kappa shape index (κ1) is 13.3. The molecule has 17 heavy (non-hydrogen) atoms. The summed E-state index contributed by atoms with van der Waals surface area (Å²) in [4.78, 5) is 4.99. The Morgan fingerprint density at radius 1 is 1.35 bits per heavy atom. The van der Waals surface area contributed by atoms with E-state index < -0.39 is 0 Å². The van der Waals surface area contributed by atoms with Crippen molar-refractivity contribution in [1.82, 2.24) is 9.80 Å².